The molecule has 230 valence electrons. The second-order valence-electron chi connectivity index (χ2n) is 11.3. The summed E-state index contributed by atoms with van der Waals surface area (Å²) >= 11 is 1.56. The molecule has 0 aliphatic carbocycles. The Hall–Kier alpha value is -4.67. The normalized spacial score (nSPS) is 19.3. The molecule has 1 N–H and O–H groups in total. The lowest BCUT2D eigenvalue weighted by molar-refractivity contribution is -0.245. The van der Waals surface area contributed by atoms with Crippen LogP contribution in [0.3, 0.4) is 0 Å². The molecule has 2 aliphatic rings. The SMILES string of the molecule is O=C1c2ccccc2C(=O)N1Cc1cccc(-c2ccc(C3OC(CSc4ncccn4)CC(c4ccc(CO)cc4)O3)cc2)c1. The smallest absolute Gasteiger partial charge is 0.261 e. The average Bonchev–Trinajstić information content (AvgIpc) is 3.36. The van der Waals surface area contributed by atoms with E-state index in [-0.39, 0.29) is 37.2 Å². The van der Waals surface area contributed by atoms with Crippen LogP contribution in [0.2, 0.25) is 0 Å². The highest BCUT2D eigenvalue weighted by atomic mass is 32.2. The van der Waals surface area contributed by atoms with Gasteiger partial charge in [0.15, 0.2) is 11.4 Å². The van der Waals surface area contributed by atoms with Crippen LogP contribution in [0, 0.1) is 0 Å². The van der Waals surface area contributed by atoms with Gasteiger partial charge in [0.2, 0.25) is 0 Å². The number of hydrogen-bond acceptors (Lipinski definition) is 8. The Balaban J connectivity index is 1.08. The molecule has 3 heterocycles. The molecule has 5 aromatic rings. The van der Waals surface area contributed by atoms with Crippen LogP contribution in [0.5, 0.6) is 0 Å². The summed E-state index contributed by atoms with van der Waals surface area (Å²) in [5.41, 5.74) is 6.52. The van der Waals surface area contributed by atoms with Crippen molar-refractivity contribution in [3.63, 3.8) is 0 Å². The number of hydrogen-bond donors (Lipinski definition) is 1. The molecule has 2 amide bonds. The van der Waals surface area contributed by atoms with Gasteiger partial charge in [-0.2, -0.15) is 0 Å². The zero-order chi connectivity index (χ0) is 31.5. The molecule has 2 aliphatic heterocycles. The number of carbonyl (C=O) groups excluding carboxylic acids is 2. The first-order valence-electron chi connectivity index (χ1n) is 15.1. The third kappa shape index (κ3) is 6.36. The summed E-state index contributed by atoms with van der Waals surface area (Å²) in [6, 6.07) is 32.6. The molecule has 0 bridgehead atoms. The van der Waals surface area contributed by atoms with E-state index in [0.717, 1.165) is 33.4 Å². The fourth-order valence-corrected chi connectivity index (χ4v) is 6.62. The molecular weight excluding hydrogens is 598 g/mol. The molecule has 3 atom stereocenters. The number of aliphatic hydroxyl groups excluding tert-OH is 1. The summed E-state index contributed by atoms with van der Waals surface area (Å²) in [5, 5.41) is 10.2. The van der Waals surface area contributed by atoms with E-state index in [1.54, 1.807) is 54.5 Å². The van der Waals surface area contributed by atoms with E-state index in [0.29, 0.717) is 28.5 Å². The standard InChI is InChI=1S/C37H31N3O5S/c41-22-24-9-11-27(12-10-24)33-20-30(23-46-37-38-17-4-18-39-37)44-36(45-33)28-15-13-26(14-16-28)29-6-3-5-25(19-29)21-40-34(42)31-7-1-2-8-32(31)35(40)43/h1-19,30,33,36,41H,20-23H2. The van der Waals surface area contributed by atoms with Crippen LogP contribution in [-0.2, 0) is 22.6 Å². The summed E-state index contributed by atoms with van der Waals surface area (Å²) in [4.78, 5) is 35.8. The number of carbonyl (C=O) groups is 2. The van der Waals surface area contributed by atoms with Gasteiger partial charge in [-0.1, -0.05) is 90.6 Å². The van der Waals surface area contributed by atoms with Gasteiger partial charge >= 0.3 is 0 Å². The van der Waals surface area contributed by atoms with Crippen LogP contribution in [0.1, 0.15) is 61.8 Å². The summed E-state index contributed by atoms with van der Waals surface area (Å²) in [7, 11) is 0. The van der Waals surface area contributed by atoms with Crippen LogP contribution in [0.4, 0.5) is 0 Å². The van der Waals surface area contributed by atoms with Crippen molar-refractivity contribution in [2.75, 3.05) is 5.75 Å². The number of aromatic nitrogens is 2. The minimum atomic E-state index is -0.576. The third-order valence-corrected chi connectivity index (χ3v) is 9.22. The monoisotopic (exact) mass is 629 g/mol. The molecular formula is C37H31N3O5S. The maximum Gasteiger partial charge on any atom is 0.261 e. The molecule has 1 saturated heterocycles. The van der Waals surface area contributed by atoms with E-state index in [1.165, 1.54) is 4.90 Å². The third-order valence-electron chi connectivity index (χ3n) is 8.22. The zero-order valence-electron chi connectivity index (χ0n) is 24.9. The molecule has 3 unspecified atom stereocenters. The molecule has 0 saturated carbocycles. The number of rotatable bonds is 9. The predicted octanol–water partition coefficient (Wildman–Crippen LogP) is 6.77. The number of amides is 2. The van der Waals surface area contributed by atoms with E-state index in [1.807, 2.05) is 72.8 Å². The minimum absolute atomic E-state index is 0.00803. The first-order valence-corrected chi connectivity index (χ1v) is 16.1. The fourth-order valence-electron chi connectivity index (χ4n) is 5.80. The van der Waals surface area contributed by atoms with Crippen molar-refractivity contribution < 1.29 is 24.2 Å². The molecule has 1 aromatic heterocycles. The quantitative estimate of drug-likeness (QED) is 0.108. The number of thioether (sulfide) groups is 1. The van der Waals surface area contributed by atoms with Crippen molar-refractivity contribution in [1.29, 1.82) is 0 Å². The number of ether oxygens (including phenoxy) is 2. The first kappa shape index (κ1) is 30.0. The summed E-state index contributed by atoms with van der Waals surface area (Å²) < 4.78 is 13.0. The van der Waals surface area contributed by atoms with Crippen molar-refractivity contribution in [2.45, 2.75) is 43.2 Å². The highest BCUT2D eigenvalue weighted by Crippen LogP contribution is 2.39. The van der Waals surface area contributed by atoms with Gasteiger partial charge in [-0.3, -0.25) is 14.5 Å². The van der Waals surface area contributed by atoms with Crippen LogP contribution in [0.15, 0.2) is 121 Å². The largest absolute Gasteiger partial charge is 0.392 e. The van der Waals surface area contributed by atoms with Crippen molar-refractivity contribution >= 4 is 23.6 Å². The van der Waals surface area contributed by atoms with Gasteiger partial charge < -0.3 is 14.6 Å². The van der Waals surface area contributed by atoms with Gasteiger partial charge in [-0.05, 0) is 52.1 Å². The summed E-state index contributed by atoms with van der Waals surface area (Å²) in [5.74, 6) is 0.143. The Morgan fingerprint density at radius 3 is 2.13 bits per heavy atom. The first-order chi connectivity index (χ1) is 22.6. The van der Waals surface area contributed by atoms with E-state index in [4.69, 9.17) is 9.47 Å². The summed E-state index contributed by atoms with van der Waals surface area (Å²) in [6.07, 6.45) is 3.27. The van der Waals surface area contributed by atoms with E-state index >= 15 is 0 Å². The van der Waals surface area contributed by atoms with E-state index < -0.39 is 6.29 Å². The minimum Gasteiger partial charge on any atom is -0.392 e. The molecule has 8 nitrogen and oxygen atoms in total. The second kappa shape index (κ2) is 13.4. The average molecular weight is 630 g/mol. The molecule has 1 fully saturated rings. The lowest BCUT2D eigenvalue weighted by Gasteiger charge is -2.36. The maximum atomic E-state index is 12.9. The molecule has 7 rings (SSSR count). The van der Waals surface area contributed by atoms with Gasteiger partial charge in [0.25, 0.3) is 11.8 Å². The Morgan fingerprint density at radius 1 is 0.739 bits per heavy atom. The van der Waals surface area contributed by atoms with Crippen LogP contribution < -0.4 is 0 Å². The van der Waals surface area contributed by atoms with Gasteiger partial charge in [0.05, 0.1) is 36.5 Å². The highest BCUT2D eigenvalue weighted by Gasteiger charge is 2.35. The van der Waals surface area contributed by atoms with Crippen molar-refractivity contribution in [1.82, 2.24) is 14.9 Å². The molecule has 46 heavy (non-hydrogen) atoms. The Labute approximate surface area is 271 Å². The van der Waals surface area contributed by atoms with Gasteiger partial charge in [0, 0.05) is 30.1 Å². The van der Waals surface area contributed by atoms with Crippen molar-refractivity contribution in [3.05, 3.63) is 149 Å². The summed E-state index contributed by atoms with van der Waals surface area (Å²) in [6.45, 7) is 0.196. The number of imide groups is 1. The van der Waals surface area contributed by atoms with Crippen molar-refractivity contribution in [2.24, 2.45) is 0 Å². The number of fused-ring (bicyclic) bond motifs is 1. The lowest BCUT2D eigenvalue weighted by Crippen LogP contribution is -2.31. The van der Waals surface area contributed by atoms with Crippen LogP contribution in [-0.4, -0.2) is 43.6 Å². The predicted molar refractivity (Wildman–Crippen MR) is 174 cm³/mol. The van der Waals surface area contributed by atoms with Crippen LogP contribution in [0.25, 0.3) is 11.1 Å². The second-order valence-corrected chi connectivity index (χ2v) is 12.2. The van der Waals surface area contributed by atoms with Crippen LogP contribution >= 0.6 is 11.8 Å². The Morgan fingerprint density at radius 2 is 1.43 bits per heavy atom. The topological polar surface area (TPSA) is 102 Å². The molecule has 9 heteroatoms. The molecule has 0 radical (unpaired) electrons. The highest BCUT2D eigenvalue weighted by molar-refractivity contribution is 7.99. The van der Waals surface area contributed by atoms with E-state index in [2.05, 4.69) is 9.97 Å². The van der Waals surface area contributed by atoms with Crippen molar-refractivity contribution in [3.8, 4) is 11.1 Å². The van der Waals surface area contributed by atoms with Gasteiger partial charge in [-0.25, -0.2) is 9.97 Å². The van der Waals surface area contributed by atoms with Gasteiger partial charge in [-0.15, -0.1) is 0 Å². The Kier molecular flexibility index (Phi) is 8.72. The number of benzene rings is 4. The zero-order valence-corrected chi connectivity index (χ0v) is 25.7. The fraction of sp³-hybridized carbons (Fsp3) is 0.189. The van der Waals surface area contributed by atoms with E-state index in [9.17, 15) is 14.7 Å². The number of aliphatic hydroxyl groups is 1. The maximum absolute atomic E-state index is 12.9. The molecule has 0 spiro atoms. The lowest BCUT2D eigenvalue weighted by atomic mass is 9.99. The van der Waals surface area contributed by atoms with Gasteiger partial charge in [0.1, 0.15) is 0 Å². The number of nitrogens with zero attached hydrogens (tertiary/aromatic N) is 3. The molecule has 4 aromatic carbocycles. The Bertz CT molecular complexity index is 1810.